The fourth-order valence-electron chi connectivity index (χ4n) is 4.27. The minimum Gasteiger partial charge on any atom is -0.494 e. The van der Waals surface area contributed by atoms with Gasteiger partial charge in [-0.1, -0.05) is 55.8 Å². The Morgan fingerprint density at radius 3 is 2.10 bits per heavy atom. The number of nitrogens with zero attached hydrogens (tertiary/aromatic N) is 2. The van der Waals surface area contributed by atoms with Gasteiger partial charge in [0.25, 0.3) is 10.0 Å². The van der Waals surface area contributed by atoms with E-state index >= 15 is 0 Å². The molecule has 41 heavy (non-hydrogen) atoms. The normalized spacial score (nSPS) is 12.7. The second-order valence-electron chi connectivity index (χ2n) is 9.64. The number of carbonyl (C=O) groups is 2. The number of nitrogens with one attached hydrogen (secondary N) is 1. The Labute approximate surface area is 248 Å². The van der Waals surface area contributed by atoms with E-state index in [1.165, 1.54) is 17.0 Å². The predicted molar refractivity (Wildman–Crippen MR) is 163 cm³/mol. The summed E-state index contributed by atoms with van der Waals surface area (Å²) < 4.78 is 34.4. The summed E-state index contributed by atoms with van der Waals surface area (Å²) in [5.41, 5.74) is 1.09. The van der Waals surface area contributed by atoms with Crippen LogP contribution in [-0.2, 0) is 26.2 Å². The van der Waals surface area contributed by atoms with Crippen molar-refractivity contribution in [3.63, 3.8) is 0 Å². The van der Waals surface area contributed by atoms with Crippen LogP contribution in [0.25, 0.3) is 0 Å². The van der Waals surface area contributed by atoms with E-state index in [-0.39, 0.29) is 23.4 Å². The average Bonchev–Trinajstić information content (AvgIpc) is 2.97. The molecule has 0 saturated carbocycles. The van der Waals surface area contributed by atoms with E-state index in [4.69, 9.17) is 16.3 Å². The van der Waals surface area contributed by atoms with Crippen molar-refractivity contribution in [1.82, 2.24) is 10.2 Å². The number of ether oxygens (including phenoxy) is 1. The lowest BCUT2D eigenvalue weighted by atomic mass is 10.1. The number of carbonyl (C=O) groups excluding carboxylic acids is 2. The molecule has 0 unspecified atom stereocenters. The van der Waals surface area contributed by atoms with Gasteiger partial charge in [0.15, 0.2) is 0 Å². The van der Waals surface area contributed by atoms with Crippen molar-refractivity contribution in [2.24, 2.45) is 0 Å². The number of hydrogen-bond donors (Lipinski definition) is 1. The quantitative estimate of drug-likeness (QED) is 0.258. The number of hydrogen-bond acceptors (Lipinski definition) is 5. The van der Waals surface area contributed by atoms with Crippen molar-refractivity contribution >= 4 is 39.1 Å². The second kappa shape index (κ2) is 14.9. The van der Waals surface area contributed by atoms with Crippen LogP contribution >= 0.6 is 11.6 Å². The zero-order chi connectivity index (χ0) is 30.0. The summed E-state index contributed by atoms with van der Waals surface area (Å²) in [6.45, 7) is 7.59. The van der Waals surface area contributed by atoms with Crippen LogP contribution in [0.3, 0.4) is 0 Å². The lowest BCUT2D eigenvalue weighted by molar-refractivity contribution is -0.140. The van der Waals surface area contributed by atoms with Gasteiger partial charge in [0, 0.05) is 17.6 Å². The first-order valence-electron chi connectivity index (χ1n) is 13.8. The topological polar surface area (TPSA) is 96.0 Å². The Bertz CT molecular complexity index is 1380. The van der Waals surface area contributed by atoms with Crippen LogP contribution in [0, 0.1) is 0 Å². The molecule has 0 bridgehead atoms. The van der Waals surface area contributed by atoms with Gasteiger partial charge >= 0.3 is 0 Å². The van der Waals surface area contributed by atoms with E-state index in [1.54, 1.807) is 66.7 Å². The molecule has 8 nitrogen and oxygen atoms in total. The monoisotopic (exact) mass is 599 g/mol. The molecule has 2 atom stereocenters. The molecule has 0 aromatic heterocycles. The summed E-state index contributed by atoms with van der Waals surface area (Å²) in [6, 6.07) is 20.7. The van der Waals surface area contributed by atoms with Crippen LogP contribution in [0.5, 0.6) is 5.75 Å². The van der Waals surface area contributed by atoms with E-state index in [1.807, 2.05) is 27.7 Å². The van der Waals surface area contributed by atoms with Gasteiger partial charge in [-0.05, 0) is 80.8 Å². The first kappa shape index (κ1) is 32.0. The van der Waals surface area contributed by atoms with Crippen LogP contribution in [0.1, 0.15) is 46.1 Å². The van der Waals surface area contributed by atoms with E-state index < -0.39 is 28.5 Å². The summed E-state index contributed by atoms with van der Waals surface area (Å²) in [4.78, 5) is 28.9. The van der Waals surface area contributed by atoms with Crippen LogP contribution in [0.15, 0.2) is 83.8 Å². The molecular formula is C31H38ClN3O5S. The fraction of sp³-hybridized carbons (Fsp3) is 0.355. The molecular weight excluding hydrogens is 562 g/mol. The maximum absolute atomic E-state index is 14.1. The fourth-order valence-corrected chi connectivity index (χ4v) is 5.81. The minimum atomic E-state index is -4.16. The van der Waals surface area contributed by atoms with Crippen molar-refractivity contribution in [2.45, 2.75) is 64.1 Å². The summed E-state index contributed by atoms with van der Waals surface area (Å²) >= 11 is 6.07. The Balaban J connectivity index is 2.02. The SMILES string of the molecule is CCOc1ccc(S(=O)(=O)N(CC(=O)N(Cc2ccc(Cl)cc2)[C@@H](CC)C(=O)N[C@H](C)CC)c2ccccc2)cc1. The van der Waals surface area contributed by atoms with Crippen LogP contribution in [0.4, 0.5) is 5.69 Å². The smallest absolute Gasteiger partial charge is 0.264 e. The van der Waals surface area contributed by atoms with Gasteiger partial charge in [0.1, 0.15) is 18.3 Å². The first-order chi connectivity index (χ1) is 19.6. The van der Waals surface area contributed by atoms with Crippen LogP contribution in [-0.4, -0.2) is 50.4 Å². The predicted octanol–water partition coefficient (Wildman–Crippen LogP) is 5.66. The Morgan fingerprint density at radius 1 is 0.902 bits per heavy atom. The molecule has 0 saturated heterocycles. The molecule has 0 aliphatic carbocycles. The average molecular weight is 600 g/mol. The highest BCUT2D eigenvalue weighted by atomic mass is 35.5. The maximum Gasteiger partial charge on any atom is 0.264 e. The molecule has 3 aromatic carbocycles. The molecule has 0 aliphatic heterocycles. The van der Waals surface area contributed by atoms with Crippen molar-refractivity contribution in [2.75, 3.05) is 17.5 Å². The lowest BCUT2D eigenvalue weighted by Gasteiger charge is -2.33. The van der Waals surface area contributed by atoms with Gasteiger partial charge in [-0.25, -0.2) is 8.42 Å². The van der Waals surface area contributed by atoms with Gasteiger partial charge in [-0.3, -0.25) is 13.9 Å². The maximum atomic E-state index is 14.1. The Kier molecular flexibility index (Phi) is 11.6. The van der Waals surface area contributed by atoms with Crippen LogP contribution in [0.2, 0.25) is 5.02 Å². The zero-order valence-corrected chi connectivity index (χ0v) is 25.5. The zero-order valence-electron chi connectivity index (χ0n) is 23.9. The minimum absolute atomic E-state index is 0.0170. The number of rotatable bonds is 14. The number of halogens is 1. The highest BCUT2D eigenvalue weighted by molar-refractivity contribution is 7.92. The number of amides is 2. The van der Waals surface area contributed by atoms with E-state index in [0.717, 1.165) is 16.3 Å². The highest BCUT2D eigenvalue weighted by Gasteiger charge is 2.34. The molecule has 1 N–H and O–H groups in total. The molecule has 220 valence electrons. The third-order valence-electron chi connectivity index (χ3n) is 6.70. The Morgan fingerprint density at radius 2 is 1.54 bits per heavy atom. The van der Waals surface area contributed by atoms with Crippen molar-refractivity contribution in [3.8, 4) is 5.75 Å². The number of benzene rings is 3. The van der Waals surface area contributed by atoms with Crippen molar-refractivity contribution in [3.05, 3.63) is 89.4 Å². The number of para-hydroxylation sites is 1. The molecule has 0 heterocycles. The molecule has 2 amide bonds. The summed E-state index contributed by atoms with van der Waals surface area (Å²) in [6.07, 6.45) is 1.08. The molecule has 3 aromatic rings. The van der Waals surface area contributed by atoms with E-state index in [2.05, 4.69) is 5.32 Å². The van der Waals surface area contributed by atoms with Crippen molar-refractivity contribution < 1.29 is 22.7 Å². The first-order valence-corrected chi connectivity index (χ1v) is 15.6. The molecule has 0 radical (unpaired) electrons. The molecule has 0 aliphatic rings. The third-order valence-corrected chi connectivity index (χ3v) is 8.74. The summed E-state index contributed by atoms with van der Waals surface area (Å²) in [5.74, 6) is -0.254. The molecule has 10 heteroatoms. The van der Waals surface area contributed by atoms with Crippen molar-refractivity contribution in [1.29, 1.82) is 0 Å². The molecule has 0 fully saturated rings. The largest absolute Gasteiger partial charge is 0.494 e. The van der Waals surface area contributed by atoms with Crippen LogP contribution < -0.4 is 14.4 Å². The van der Waals surface area contributed by atoms with Gasteiger partial charge in [-0.2, -0.15) is 0 Å². The summed E-state index contributed by atoms with van der Waals surface area (Å²) in [5, 5.41) is 3.52. The van der Waals surface area contributed by atoms with E-state index in [9.17, 15) is 18.0 Å². The van der Waals surface area contributed by atoms with E-state index in [0.29, 0.717) is 29.5 Å². The number of sulfonamides is 1. The standard InChI is InChI=1S/C31H38ClN3O5S/c1-5-23(4)33-31(37)29(6-2)34(21-24-13-15-25(32)16-14-24)30(36)22-35(26-11-9-8-10-12-26)41(38,39)28-19-17-27(18-20-28)40-7-3/h8-20,23,29H,5-7,21-22H2,1-4H3,(H,33,37)/t23-,29+/m1/s1. The molecule has 0 spiro atoms. The van der Waals surface area contributed by atoms with Gasteiger partial charge < -0.3 is 15.0 Å². The molecule has 3 rings (SSSR count). The second-order valence-corrected chi connectivity index (χ2v) is 11.9. The van der Waals surface area contributed by atoms with Gasteiger partial charge in [-0.15, -0.1) is 0 Å². The van der Waals surface area contributed by atoms with Gasteiger partial charge in [0.2, 0.25) is 11.8 Å². The third kappa shape index (κ3) is 8.47. The number of anilines is 1. The lowest BCUT2D eigenvalue weighted by Crippen LogP contribution is -2.53. The Hall–Kier alpha value is -3.56. The highest BCUT2D eigenvalue weighted by Crippen LogP contribution is 2.26. The summed E-state index contributed by atoms with van der Waals surface area (Å²) in [7, 11) is -4.16. The van der Waals surface area contributed by atoms with Gasteiger partial charge in [0.05, 0.1) is 17.2 Å².